The molecule has 13 heavy (non-hydrogen) atoms. The number of hydrogen-bond donors (Lipinski definition) is 2. The van der Waals surface area contributed by atoms with E-state index in [1.807, 2.05) is 13.0 Å². The molecule has 0 aliphatic carbocycles. The molecule has 1 unspecified atom stereocenters. The lowest BCUT2D eigenvalue weighted by Crippen LogP contribution is -1.91. The summed E-state index contributed by atoms with van der Waals surface area (Å²) in [6.07, 6.45) is 1.96. The normalized spacial score (nSPS) is 22.2. The zero-order valence-electron chi connectivity index (χ0n) is 7.57. The smallest absolute Gasteiger partial charge is 0.160 e. The lowest BCUT2D eigenvalue weighted by Gasteiger charge is -1.97. The average molecular weight is 232 g/mol. The van der Waals surface area contributed by atoms with Gasteiger partial charge >= 0.3 is 0 Å². The molecule has 1 N–H and O–H groups in total. The van der Waals surface area contributed by atoms with Crippen LogP contribution in [0.4, 0.5) is 0 Å². The topological polar surface area (TPSA) is 36.2 Å². The Morgan fingerprint density at radius 3 is 3.00 bits per heavy atom. The Labute approximate surface area is 92.6 Å². The van der Waals surface area contributed by atoms with Gasteiger partial charge in [0, 0.05) is 5.25 Å². The summed E-state index contributed by atoms with van der Waals surface area (Å²) in [6.45, 7) is 4.06. The van der Waals surface area contributed by atoms with Gasteiger partial charge in [0.2, 0.25) is 0 Å². The summed E-state index contributed by atoms with van der Waals surface area (Å²) in [7, 11) is 0. The van der Waals surface area contributed by atoms with Gasteiger partial charge in [0.15, 0.2) is 5.84 Å². The van der Waals surface area contributed by atoms with Crippen molar-refractivity contribution in [1.82, 2.24) is 0 Å². The number of thiol groups is 1. The molecule has 72 valence electrons. The SMILES string of the molecule is CCSC1=NC(=N)/C(=C/C(C)S)S1. The van der Waals surface area contributed by atoms with Gasteiger partial charge in [-0.1, -0.05) is 36.5 Å². The number of amidine groups is 1. The van der Waals surface area contributed by atoms with Crippen molar-refractivity contribution in [3.05, 3.63) is 11.0 Å². The molecule has 1 aliphatic rings. The molecule has 0 amide bonds. The summed E-state index contributed by atoms with van der Waals surface area (Å²) in [5, 5.41) is 7.77. The fourth-order valence-electron chi connectivity index (χ4n) is 0.829. The molecular weight excluding hydrogens is 220 g/mol. The minimum absolute atomic E-state index is 0.184. The first kappa shape index (κ1) is 11.2. The molecule has 1 atom stereocenters. The molecule has 0 saturated heterocycles. The number of hydrogen-bond acceptors (Lipinski definition) is 4. The van der Waals surface area contributed by atoms with E-state index < -0.39 is 0 Å². The van der Waals surface area contributed by atoms with Gasteiger partial charge in [0.05, 0.1) is 4.91 Å². The first-order chi connectivity index (χ1) is 6.13. The molecule has 0 aromatic heterocycles. The maximum absolute atomic E-state index is 7.58. The van der Waals surface area contributed by atoms with Crippen LogP contribution in [0.3, 0.4) is 0 Å². The van der Waals surface area contributed by atoms with Crippen LogP contribution in [-0.4, -0.2) is 21.2 Å². The van der Waals surface area contributed by atoms with Crippen LogP contribution in [0.25, 0.3) is 0 Å². The number of rotatable bonds is 2. The van der Waals surface area contributed by atoms with Crippen molar-refractivity contribution < 1.29 is 0 Å². The Bertz CT molecular complexity index is 269. The molecule has 5 heteroatoms. The van der Waals surface area contributed by atoms with Gasteiger partial charge in [-0.25, -0.2) is 4.99 Å². The highest BCUT2D eigenvalue weighted by atomic mass is 32.2. The molecule has 0 spiro atoms. The van der Waals surface area contributed by atoms with E-state index in [0.29, 0.717) is 5.84 Å². The zero-order chi connectivity index (χ0) is 9.84. The summed E-state index contributed by atoms with van der Waals surface area (Å²) in [4.78, 5) is 5.07. The summed E-state index contributed by atoms with van der Waals surface area (Å²) in [5.41, 5.74) is 0. The van der Waals surface area contributed by atoms with E-state index in [1.165, 1.54) is 0 Å². The van der Waals surface area contributed by atoms with Gasteiger partial charge in [0.1, 0.15) is 4.38 Å². The fraction of sp³-hybridized carbons (Fsp3) is 0.500. The van der Waals surface area contributed by atoms with Gasteiger partial charge in [0.25, 0.3) is 0 Å². The number of aliphatic imine (C=N–C) groups is 1. The third kappa shape index (κ3) is 3.40. The van der Waals surface area contributed by atoms with E-state index in [0.717, 1.165) is 15.0 Å². The highest BCUT2D eigenvalue weighted by molar-refractivity contribution is 8.41. The largest absolute Gasteiger partial charge is 0.282 e. The van der Waals surface area contributed by atoms with Crippen molar-refractivity contribution in [2.24, 2.45) is 4.99 Å². The van der Waals surface area contributed by atoms with Crippen molar-refractivity contribution in [2.45, 2.75) is 19.1 Å². The van der Waals surface area contributed by atoms with Gasteiger partial charge in [-0.15, -0.1) is 0 Å². The number of nitrogens with one attached hydrogen (secondary N) is 1. The quantitative estimate of drug-likeness (QED) is 0.718. The standard InChI is InChI=1S/C8H12N2S3/c1-3-12-8-10-7(9)6(13-8)4-5(2)11/h4-5,9,11H,3H2,1-2H3/b6-4-,9-7?. The van der Waals surface area contributed by atoms with Crippen LogP contribution < -0.4 is 0 Å². The lowest BCUT2D eigenvalue weighted by molar-refractivity contribution is 1.26. The zero-order valence-corrected chi connectivity index (χ0v) is 10.1. The first-order valence-corrected chi connectivity index (χ1v) is 6.33. The van der Waals surface area contributed by atoms with E-state index in [1.54, 1.807) is 23.5 Å². The van der Waals surface area contributed by atoms with Crippen LogP contribution >= 0.6 is 36.2 Å². The molecule has 1 heterocycles. The molecule has 0 radical (unpaired) electrons. The number of nitrogens with zero attached hydrogens (tertiary/aromatic N) is 1. The minimum atomic E-state index is 0.184. The summed E-state index contributed by atoms with van der Waals surface area (Å²) in [5.74, 6) is 1.38. The monoisotopic (exact) mass is 232 g/mol. The van der Waals surface area contributed by atoms with Crippen LogP contribution in [0.5, 0.6) is 0 Å². The van der Waals surface area contributed by atoms with E-state index in [2.05, 4.69) is 24.5 Å². The lowest BCUT2D eigenvalue weighted by atomic mass is 10.4. The van der Waals surface area contributed by atoms with Gasteiger partial charge in [-0.3, -0.25) is 5.41 Å². The fourth-order valence-corrected chi connectivity index (χ4v) is 3.08. The molecule has 0 aromatic carbocycles. The van der Waals surface area contributed by atoms with Crippen molar-refractivity contribution >= 4 is 46.4 Å². The minimum Gasteiger partial charge on any atom is -0.282 e. The first-order valence-electron chi connectivity index (χ1n) is 4.01. The third-order valence-electron chi connectivity index (χ3n) is 1.29. The van der Waals surface area contributed by atoms with E-state index in [9.17, 15) is 0 Å². The van der Waals surface area contributed by atoms with Crippen molar-refractivity contribution in [2.75, 3.05) is 5.75 Å². The molecule has 2 nitrogen and oxygen atoms in total. The van der Waals surface area contributed by atoms with Crippen molar-refractivity contribution in [3.8, 4) is 0 Å². The van der Waals surface area contributed by atoms with Gasteiger partial charge in [-0.05, 0) is 12.7 Å². The number of thioether (sulfide) groups is 2. The molecular formula is C8H12N2S3. The van der Waals surface area contributed by atoms with Crippen LogP contribution in [0.1, 0.15) is 13.8 Å². The summed E-state index contributed by atoms with van der Waals surface area (Å²) < 4.78 is 0.979. The third-order valence-corrected chi connectivity index (χ3v) is 3.49. The second-order valence-electron chi connectivity index (χ2n) is 2.53. The Morgan fingerprint density at radius 2 is 2.46 bits per heavy atom. The van der Waals surface area contributed by atoms with E-state index in [-0.39, 0.29) is 5.25 Å². The molecule has 1 aliphatic heterocycles. The Kier molecular flexibility index (Phi) is 4.41. The van der Waals surface area contributed by atoms with Crippen LogP contribution in [0, 0.1) is 5.41 Å². The summed E-state index contributed by atoms with van der Waals surface area (Å²) >= 11 is 7.50. The Morgan fingerprint density at radius 1 is 1.77 bits per heavy atom. The van der Waals surface area contributed by atoms with E-state index in [4.69, 9.17) is 5.41 Å². The second kappa shape index (κ2) is 5.12. The van der Waals surface area contributed by atoms with Gasteiger partial charge in [-0.2, -0.15) is 12.6 Å². The van der Waals surface area contributed by atoms with Crippen LogP contribution in [0.15, 0.2) is 16.0 Å². The molecule has 0 saturated carbocycles. The Balaban J connectivity index is 2.64. The van der Waals surface area contributed by atoms with Crippen molar-refractivity contribution in [1.29, 1.82) is 5.41 Å². The van der Waals surface area contributed by atoms with Crippen LogP contribution in [-0.2, 0) is 0 Å². The average Bonchev–Trinajstić information content (AvgIpc) is 2.31. The predicted octanol–water partition coefficient (Wildman–Crippen LogP) is 3.02. The molecule has 0 bridgehead atoms. The van der Waals surface area contributed by atoms with Crippen LogP contribution in [0.2, 0.25) is 0 Å². The summed E-state index contributed by atoms with van der Waals surface area (Å²) in [6, 6.07) is 0. The molecule has 1 rings (SSSR count). The second-order valence-corrected chi connectivity index (χ2v) is 5.89. The maximum Gasteiger partial charge on any atom is 0.160 e. The van der Waals surface area contributed by atoms with Crippen molar-refractivity contribution in [3.63, 3.8) is 0 Å². The molecule has 0 aromatic rings. The Hall–Kier alpha value is 0.130. The van der Waals surface area contributed by atoms with E-state index >= 15 is 0 Å². The highest BCUT2D eigenvalue weighted by Gasteiger charge is 2.18. The highest BCUT2D eigenvalue weighted by Crippen LogP contribution is 2.32. The van der Waals surface area contributed by atoms with Gasteiger partial charge < -0.3 is 0 Å². The molecule has 0 fully saturated rings. The maximum atomic E-state index is 7.58. The predicted molar refractivity (Wildman–Crippen MR) is 67.4 cm³/mol.